The van der Waals surface area contributed by atoms with E-state index in [2.05, 4.69) is 22.1 Å². The molecule has 0 aliphatic heterocycles. The van der Waals surface area contributed by atoms with Gasteiger partial charge in [-0.05, 0) is 37.1 Å². The summed E-state index contributed by atoms with van der Waals surface area (Å²) in [5, 5.41) is 13.6. The van der Waals surface area contributed by atoms with Gasteiger partial charge >= 0.3 is 0 Å². The van der Waals surface area contributed by atoms with Gasteiger partial charge in [-0.15, -0.1) is 0 Å². The third-order valence-electron chi connectivity index (χ3n) is 3.74. The summed E-state index contributed by atoms with van der Waals surface area (Å²) in [7, 11) is 4.00. The topological polar surface area (TPSA) is 52.8 Å². The molecule has 2 N–H and O–H groups in total. The summed E-state index contributed by atoms with van der Waals surface area (Å²) in [5.74, 6) is 1.15. The number of benzene rings is 1. The average molecular weight is 349 g/mol. The van der Waals surface area contributed by atoms with Gasteiger partial charge in [0.25, 0.3) is 0 Å². The van der Waals surface area contributed by atoms with Crippen LogP contribution in [0.3, 0.4) is 0 Å². The summed E-state index contributed by atoms with van der Waals surface area (Å²) in [5.41, 5.74) is 2.20. The number of aryl methyl sites for hydroxylation is 1. The van der Waals surface area contributed by atoms with Crippen molar-refractivity contribution in [3.63, 3.8) is 0 Å². The van der Waals surface area contributed by atoms with Crippen LogP contribution in [0.15, 0.2) is 41.5 Å². The Labute approximate surface area is 148 Å². The van der Waals surface area contributed by atoms with E-state index in [4.69, 9.17) is 11.6 Å². The molecule has 0 atom stereocenters. The number of phenolic OH excluding ortho intramolecular Hbond substituents is 1. The Bertz CT molecular complexity index is 696. The molecule has 0 bridgehead atoms. The summed E-state index contributed by atoms with van der Waals surface area (Å²) in [6.45, 7) is 4.24. The highest BCUT2D eigenvalue weighted by molar-refractivity contribution is 6.30. The van der Waals surface area contributed by atoms with E-state index in [0.717, 1.165) is 41.7 Å². The first-order valence-electron chi connectivity index (χ1n) is 8.07. The van der Waals surface area contributed by atoms with Crippen molar-refractivity contribution >= 4 is 17.6 Å². The molecule has 6 heteroatoms. The quantitative estimate of drug-likeness (QED) is 0.623. The summed E-state index contributed by atoms with van der Waals surface area (Å²) in [6, 6.07) is 9.27. The molecule has 0 aliphatic rings. The molecule has 130 valence electrons. The Morgan fingerprint density at radius 1 is 1.38 bits per heavy atom. The molecule has 0 radical (unpaired) electrons. The lowest BCUT2D eigenvalue weighted by Gasteiger charge is -2.22. The SMILES string of the molecule is CCNC(=NCCc1cccc(O)c1)N(C)Cc1cc(Cl)cn1C. The number of phenols is 1. The molecule has 1 aromatic heterocycles. The first-order chi connectivity index (χ1) is 11.5. The molecule has 2 rings (SSSR count). The van der Waals surface area contributed by atoms with Gasteiger partial charge < -0.3 is 19.9 Å². The zero-order chi connectivity index (χ0) is 17.5. The van der Waals surface area contributed by atoms with Crippen LogP contribution < -0.4 is 5.32 Å². The lowest BCUT2D eigenvalue weighted by molar-refractivity contribution is 0.462. The van der Waals surface area contributed by atoms with Crippen molar-refractivity contribution in [2.24, 2.45) is 12.0 Å². The molecule has 1 heterocycles. The molecule has 0 amide bonds. The largest absolute Gasteiger partial charge is 0.508 e. The number of aromatic hydroxyl groups is 1. The molecular weight excluding hydrogens is 324 g/mol. The highest BCUT2D eigenvalue weighted by Gasteiger charge is 2.09. The number of rotatable bonds is 6. The Kier molecular flexibility index (Phi) is 6.55. The van der Waals surface area contributed by atoms with Crippen molar-refractivity contribution in [1.82, 2.24) is 14.8 Å². The van der Waals surface area contributed by atoms with E-state index in [1.54, 1.807) is 12.1 Å². The van der Waals surface area contributed by atoms with Crippen LogP contribution in [0.4, 0.5) is 0 Å². The molecule has 2 aromatic rings. The lowest BCUT2D eigenvalue weighted by atomic mass is 10.1. The van der Waals surface area contributed by atoms with Crippen LogP contribution in [0.1, 0.15) is 18.2 Å². The van der Waals surface area contributed by atoms with Crippen LogP contribution in [0.5, 0.6) is 5.75 Å². The van der Waals surface area contributed by atoms with Gasteiger partial charge in [0.05, 0.1) is 11.6 Å². The molecular formula is C18H25ClN4O. The molecule has 24 heavy (non-hydrogen) atoms. The van der Waals surface area contributed by atoms with Gasteiger partial charge in [-0.1, -0.05) is 23.7 Å². The van der Waals surface area contributed by atoms with Gasteiger partial charge in [0.15, 0.2) is 5.96 Å². The summed E-state index contributed by atoms with van der Waals surface area (Å²) >= 11 is 6.05. The average Bonchev–Trinajstić information content (AvgIpc) is 2.84. The maximum absolute atomic E-state index is 9.52. The van der Waals surface area contributed by atoms with Crippen LogP contribution in [0.25, 0.3) is 0 Å². The van der Waals surface area contributed by atoms with E-state index < -0.39 is 0 Å². The minimum atomic E-state index is 0.293. The molecule has 0 saturated carbocycles. The number of halogens is 1. The molecule has 0 spiro atoms. The van der Waals surface area contributed by atoms with Gasteiger partial charge in [0.1, 0.15) is 5.75 Å². The van der Waals surface area contributed by atoms with E-state index in [9.17, 15) is 5.11 Å². The second-order valence-electron chi connectivity index (χ2n) is 5.77. The zero-order valence-electron chi connectivity index (χ0n) is 14.5. The van der Waals surface area contributed by atoms with Crippen LogP contribution in [0, 0.1) is 0 Å². The minimum absolute atomic E-state index is 0.293. The van der Waals surface area contributed by atoms with Gasteiger partial charge in [-0.2, -0.15) is 0 Å². The fourth-order valence-electron chi connectivity index (χ4n) is 2.51. The zero-order valence-corrected chi connectivity index (χ0v) is 15.2. The highest BCUT2D eigenvalue weighted by atomic mass is 35.5. The highest BCUT2D eigenvalue weighted by Crippen LogP contribution is 2.14. The van der Waals surface area contributed by atoms with Crippen LogP contribution >= 0.6 is 11.6 Å². The van der Waals surface area contributed by atoms with Crippen LogP contribution in [0.2, 0.25) is 5.02 Å². The van der Waals surface area contributed by atoms with Crippen molar-refractivity contribution in [2.45, 2.75) is 19.9 Å². The minimum Gasteiger partial charge on any atom is -0.508 e. The Morgan fingerprint density at radius 2 is 2.17 bits per heavy atom. The first kappa shape index (κ1) is 18.2. The van der Waals surface area contributed by atoms with Crippen molar-refractivity contribution in [3.8, 4) is 5.75 Å². The van der Waals surface area contributed by atoms with Crippen molar-refractivity contribution < 1.29 is 5.11 Å². The Hall–Kier alpha value is -2.14. The number of nitrogens with one attached hydrogen (secondary N) is 1. The van der Waals surface area contributed by atoms with Gasteiger partial charge in [-0.3, -0.25) is 4.99 Å². The monoisotopic (exact) mass is 348 g/mol. The number of hydrogen-bond donors (Lipinski definition) is 2. The van der Waals surface area contributed by atoms with Crippen LogP contribution in [-0.4, -0.2) is 40.7 Å². The number of hydrogen-bond acceptors (Lipinski definition) is 2. The lowest BCUT2D eigenvalue weighted by Crippen LogP contribution is -2.39. The predicted molar refractivity (Wildman–Crippen MR) is 99.7 cm³/mol. The maximum atomic E-state index is 9.52. The Morgan fingerprint density at radius 3 is 2.79 bits per heavy atom. The van der Waals surface area contributed by atoms with Gasteiger partial charge in [-0.25, -0.2) is 0 Å². The molecule has 1 aromatic carbocycles. The smallest absolute Gasteiger partial charge is 0.194 e. The normalized spacial score (nSPS) is 11.6. The number of aromatic nitrogens is 1. The van der Waals surface area contributed by atoms with Crippen molar-refractivity contribution in [1.29, 1.82) is 0 Å². The standard InChI is InChI=1S/C18H25ClN4O/c1-4-20-18(21-9-8-14-6-5-7-17(24)10-14)23(3)13-16-11-15(19)12-22(16)2/h5-7,10-12,24H,4,8-9,13H2,1-3H3,(H,20,21). The number of aliphatic imine (C=N–C) groups is 1. The molecule has 0 saturated heterocycles. The molecule has 5 nitrogen and oxygen atoms in total. The van der Waals surface area contributed by atoms with Crippen molar-refractivity contribution in [3.05, 3.63) is 52.8 Å². The Balaban J connectivity index is 2.00. The summed E-state index contributed by atoms with van der Waals surface area (Å²) in [6.07, 6.45) is 2.68. The second kappa shape index (κ2) is 8.64. The van der Waals surface area contributed by atoms with E-state index in [0.29, 0.717) is 12.3 Å². The fourth-order valence-corrected chi connectivity index (χ4v) is 2.79. The van der Waals surface area contributed by atoms with Crippen molar-refractivity contribution in [2.75, 3.05) is 20.1 Å². The number of guanidine groups is 1. The molecule has 0 aliphatic carbocycles. The van der Waals surface area contributed by atoms with E-state index in [1.807, 2.05) is 43.1 Å². The van der Waals surface area contributed by atoms with E-state index in [-0.39, 0.29) is 0 Å². The second-order valence-corrected chi connectivity index (χ2v) is 6.21. The fraction of sp³-hybridized carbons (Fsp3) is 0.389. The first-order valence-corrected chi connectivity index (χ1v) is 8.45. The molecule has 0 fully saturated rings. The third-order valence-corrected chi connectivity index (χ3v) is 3.95. The van der Waals surface area contributed by atoms with Gasteiger partial charge in [0, 0.05) is 39.1 Å². The maximum Gasteiger partial charge on any atom is 0.194 e. The van der Waals surface area contributed by atoms with Crippen LogP contribution in [-0.2, 0) is 20.0 Å². The van der Waals surface area contributed by atoms with E-state index in [1.165, 1.54) is 0 Å². The van der Waals surface area contributed by atoms with E-state index >= 15 is 0 Å². The number of nitrogens with zero attached hydrogens (tertiary/aromatic N) is 3. The molecule has 0 unspecified atom stereocenters. The third kappa shape index (κ3) is 5.20. The predicted octanol–water partition coefficient (Wildman–Crippen LogP) is 3.02. The summed E-state index contributed by atoms with van der Waals surface area (Å²) < 4.78 is 2.02. The van der Waals surface area contributed by atoms with Gasteiger partial charge in [0.2, 0.25) is 0 Å². The summed E-state index contributed by atoms with van der Waals surface area (Å²) in [4.78, 5) is 6.76.